The molecule has 114 valence electrons. The zero-order valence-corrected chi connectivity index (χ0v) is 13.2. The molecule has 4 aromatic rings. The molecule has 1 aliphatic rings. The van der Waals surface area contributed by atoms with Crippen molar-refractivity contribution in [2.24, 2.45) is 7.05 Å². The predicted molar refractivity (Wildman–Crippen MR) is 87.5 cm³/mol. The average molecular weight is 325 g/mol. The molecular formula is C16H13ClN6. The summed E-state index contributed by atoms with van der Waals surface area (Å²) < 4.78 is 3.35. The van der Waals surface area contributed by atoms with Gasteiger partial charge in [-0.25, -0.2) is 9.97 Å². The van der Waals surface area contributed by atoms with E-state index in [0.29, 0.717) is 17.0 Å². The first-order valence-electron chi connectivity index (χ1n) is 7.54. The van der Waals surface area contributed by atoms with Crippen LogP contribution < -0.4 is 0 Å². The maximum atomic E-state index is 6.32. The molecule has 0 spiro atoms. The quantitative estimate of drug-likeness (QED) is 0.531. The van der Waals surface area contributed by atoms with Gasteiger partial charge >= 0.3 is 0 Å². The first kappa shape index (κ1) is 13.0. The first-order chi connectivity index (χ1) is 11.2. The van der Waals surface area contributed by atoms with E-state index in [2.05, 4.69) is 21.2 Å². The van der Waals surface area contributed by atoms with Gasteiger partial charge in [-0.2, -0.15) is 9.61 Å². The van der Waals surface area contributed by atoms with E-state index < -0.39 is 0 Å². The fourth-order valence-electron chi connectivity index (χ4n) is 3.04. The lowest BCUT2D eigenvalue weighted by molar-refractivity contribution is 0.768. The van der Waals surface area contributed by atoms with Crippen LogP contribution >= 0.6 is 11.6 Å². The zero-order chi connectivity index (χ0) is 15.6. The third kappa shape index (κ3) is 1.95. The number of aromatic nitrogens is 6. The SMILES string of the molecule is Cn1cc(-c2nc3c4c(C5CC5)cccc4nc(Cl)n3n2)cn1. The van der Waals surface area contributed by atoms with Crippen molar-refractivity contribution in [1.82, 2.24) is 29.4 Å². The summed E-state index contributed by atoms with van der Waals surface area (Å²) in [5.41, 5.74) is 3.80. The van der Waals surface area contributed by atoms with Crippen molar-refractivity contribution in [1.29, 1.82) is 0 Å². The maximum absolute atomic E-state index is 6.32. The molecule has 0 unspecified atom stereocenters. The van der Waals surface area contributed by atoms with E-state index in [1.54, 1.807) is 15.4 Å². The Balaban J connectivity index is 1.86. The molecule has 7 heteroatoms. The molecule has 0 aliphatic heterocycles. The standard InChI is InChI=1S/C16H13ClN6/c1-22-8-10(7-18-22)14-20-15-13-11(9-5-6-9)3-2-4-12(13)19-16(17)23(15)21-14/h2-4,7-9H,5-6H2,1H3. The van der Waals surface area contributed by atoms with Crippen LogP contribution in [0, 0.1) is 0 Å². The molecule has 23 heavy (non-hydrogen) atoms. The Morgan fingerprint density at radius 2 is 2.09 bits per heavy atom. The van der Waals surface area contributed by atoms with Crippen LogP contribution in [0.25, 0.3) is 27.9 Å². The number of nitrogens with zero attached hydrogens (tertiary/aromatic N) is 6. The largest absolute Gasteiger partial charge is 0.275 e. The number of rotatable bonds is 2. The summed E-state index contributed by atoms with van der Waals surface area (Å²) in [6, 6.07) is 6.17. The Hall–Kier alpha value is -2.47. The number of hydrogen-bond donors (Lipinski definition) is 0. The van der Waals surface area contributed by atoms with Gasteiger partial charge in [-0.15, -0.1) is 5.10 Å². The molecule has 1 saturated carbocycles. The molecule has 0 saturated heterocycles. The van der Waals surface area contributed by atoms with Gasteiger partial charge in [0.25, 0.3) is 0 Å². The Labute approximate surface area is 136 Å². The van der Waals surface area contributed by atoms with Crippen molar-refractivity contribution in [3.8, 4) is 11.4 Å². The monoisotopic (exact) mass is 324 g/mol. The molecule has 0 atom stereocenters. The van der Waals surface area contributed by atoms with Crippen LogP contribution in [0.5, 0.6) is 0 Å². The Morgan fingerprint density at radius 3 is 2.83 bits per heavy atom. The average Bonchev–Trinajstić information content (AvgIpc) is 3.13. The summed E-state index contributed by atoms with van der Waals surface area (Å²) in [6.45, 7) is 0. The van der Waals surface area contributed by atoms with Gasteiger partial charge in [-0.3, -0.25) is 4.68 Å². The van der Waals surface area contributed by atoms with Gasteiger partial charge in [0, 0.05) is 18.6 Å². The summed E-state index contributed by atoms with van der Waals surface area (Å²) in [5.74, 6) is 1.21. The van der Waals surface area contributed by atoms with Gasteiger partial charge in [-0.1, -0.05) is 12.1 Å². The Kier molecular flexibility index (Phi) is 2.56. The molecule has 0 amide bonds. The van der Waals surface area contributed by atoms with Crippen LogP contribution in [0.4, 0.5) is 0 Å². The number of fused-ring (bicyclic) bond motifs is 3. The van der Waals surface area contributed by atoms with Gasteiger partial charge in [0.05, 0.1) is 17.3 Å². The molecular weight excluding hydrogens is 312 g/mol. The van der Waals surface area contributed by atoms with Crippen LogP contribution in [-0.4, -0.2) is 29.4 Å². The minimum Gasteiger partial charge on any atom is -0.275 e. The molecule has 6 nitrogen and oxygen atoms in total. The number of aryl methyl sites for hydroxylation is 1. The molecule has 0 N–H and O–H groups in total. The van der Waals surface area contributed by atoms with E-state index in [9.17, 15) is 0 Å². The predicted octanol–water partition coefficient (Wildman–Crippen LogP) is 3.21. The first-order valence-corrected chi connectivity index (χ1v) is 7.92. The van der Waals surface area contributed by atoms with E-state index in [0.717, 1.165) is 22.1 Å². The summed E-state index contributed by atoms with van der Waals surface area (Å²) in [4.78, 5) is 9.22. The van der Waals surface area contributed by atoms with E-state index in [4.69, 9.17) is 16.6 Å². The Morgan fingerprint density at radius 1 is 1.22 bits per heavy atom. The highest BCUT2D eigenvalue weighted by Crippen LogP contribution is 2.43. The minimum atomic E-state index is 0.322. The second-order valence-electron chi connectivity index (χ2n) is 5.97. The summed E-state index contributed by atoms with van der Waals surface area (Å²) >= 11 is 6.32. The fourth-order valence-corrected chi connectivity index (χ4v) is 3.25. The molecule has 5 rings (SSSR count). The van der Waals surface area contributed by atoms with E-state index in [-0.39, 0.29) is 0 Å². The van der Waals surface area contributed by atoms with Gasteiger partial charge < -0.3 is 0 Å². The molecule has 1 aliphatic carbocycles. The number of hydrogen-bond acceptors (Lipinski definition) is 4. The van der Waals surface area contributed by atoms with Crippen LogP contribution in [-0.2, 0) is 7.05 Å². The number of benzene rings is 1. The highest BCUT2D eigenvalue weighted by Gasteiger charge is 2.27. The highest BCUT2D eigenvalue weighted by molar-refractivity contribution is 6.29. The summed E-state index contributed by atoms with van der Waals surface area (Å²) in [5, 5.41) is 10.1. The van der Waals surface area contributed by atoms with Crippen LogP contribution in [0.1, 0.15) is 24.3 Å². The molecule has 1 aromatic carbocycles. The lowest BCUT2D eigenvalue weighted by atomic mass is 10.1. The lowest BCUT2D eigenvalue weighted by Gasteiger charge is -2.06. The zero-order valence-electron chi connectivity index (χ0n) is 12.4. The highest BCUT2D eigenvalue weighted by atomic mass is 35.5. The Bertz CT molecular complexity index is 1060. The second kappa shape index (κ2) is 4.52. The summed E-state index contributed by atoms with van der Waals surface area (Å²) in [6.07, 6.45) is 6.08. The van der Waals surface area contributed by atoms with Crippen molar-refractivity contribution in [2.75, 3.05) is 0 Å². The third-order valence-electron chi connectivity index (χ3n) is 4.27. The van der Waals surface area contributed by atoms with Crippen molar-refractivity contribution in [2.45, 2.75) is 18.8 Å². The lowest BCUT2D eigenvalue weighted by Crippen LogP contribution is -1.97. The smallest absolute Gasteiger partial charge is 0.226 e. The van der Waals surface area contributed by atoms with Gasteiger partial charge in [-0.05, 0) is 42.0 Å². The molecule has 3 heterocycles. The number of halogens is 1. The molecule has 0 bridgehead atoms. The molecule has 3 aromatic heterocycles. The topological polar surface area (TPSA) is 60.9 Å². The van der Waals surface area contributed by atoms with E-state index >= 15 is 0 Å². The maximum Gasteiger partial charge on any atom is 0.226 e. The van der Waals surface area contributed by atoms with Gasteiger partial charge in [0.2, 0.25) is 5.28 Å². The normalized spacial score (nSPS) is 14.9. The molecule has 0 radical (unpaired) electrons. The van der Waals surface area contributed by atoms with Crippen molar-refractivity contribution in [3.05, 3.63) is 41.4 Å². The second-order valence-corrected chi connectivity index (χ2v) is 6.31. The molecule has 1 fully saturated rings. The van der Waals surface area contributed by atoms with Crippen LogP contribution in [0.3, 0.4) is 0 Å². The third-order valence-corrected chi connectivity index (χ3v) is 4.52. The summed E-state index contributed by atoms with van der Waals surface area (Å²) in [7, 11) is 1.87. The van der Waals surface area contributed by atoms with Gasteiger partial charge in [0.15, 0.2) is 11.5 Å². The van der Waals surface area contributed by atoms with Crippen LogP contribution in [0.2, 0.25) is 5.28 Å². The van der Waals surface area contributed by atoms with E-state index in [1.165, 1.54) is 18.4 Å². The van der Waals surface area contributed by atoms with Crippen molar-refractivity contribution < 1.29 is 0 Å². The minimum absolute atomic E-state index is 0.322. The van der Waals surface area contributed by atoms with Crippen molar-refractivity contribution >= 4 is 28.2 Å². The van der Waals surface area contributed by atoms with E-state index in [1.807, 2.05) is 25.4 Å². The van der Waals surface area contributed by atoms with Gasteiger partial charge in [0.1, 0.15) is 0 Å². The van der Waals surface area contributed by atoms with Crippen LogP contribution in [0.15, 0.2) is 30.6 Å². The van der Waals surface area contributed by atoms with Crippen molar-refractivity contribution in [3.63, 3.8) is 0 Å². The fraction of sp³-hybridized carbons (Fsp3) is 0.250.